The lowest BCUT2D eigenvalue weighted by atomic mass is 9.58. The number of carbonyl (C=O) groups excluding carboxylic acids is 1. The summed E-state index contributed by atoms with van der Waals surface area (Å²) in [7, 11) is 0. The van der Waals surface area contributed by atoms with Gasteiger partial charge in [-0.1, -0.05) is 13.8 Å². The predicted octanol–water partition coefficient (Wildman–Crippen LogP) is 2.77. The summed E-state index contributed by atoms with van der Waals surface area (Å²) in [5, 5.41) is 0. The van der Waals surface area contributed by atoms with E-state index in [2.05, 4.69) is 13.8 Å². The maximum atomic E-state index is 10.9. The molecule has 0 aromatic rings. The Kier molecular flexibility index (Phi) is 4.80. The van der Waals surface area contributed by atoms with Crippen LogP contribution in [0.3, 0.4) is 0 Å². The monoisotopic (exact) mass is 370 g/mol. The highest BCUT2D eigenvalue weighted by Gasteiger charge is 2.69. The molecule has 0 radical (unpaired) electrons. The third-order valence-electron chi connectivity index (χ3n) is 6.77. The van der Waals surface area contributed by atoms with Crippen molar-refractivity contribution in [3.8, 4) is 0 Å². The minimum absolute atomic E-state index is 0.133. The highest BCUT2D eigenvalue weighted by Crippen LogP contribution is 2.60. The normalized spacial score (nSPS) is 50.0. The first kappa shape index (κ1) is 18.6. The summed E-state index contributed by atoms with van der Waals surface area (Å²) in [6.07, 6.45) is 3.09. The molecule has 1 spiro atoms. The van der Waals surface area contributed by atoms with Crippen molar-refractivity contribution in [2.75, 3.05) is 13.2 Å². The molecule has 4 heterocycles. The second-order valence-electron chi connectivity index (χ2n) is 8.48. The molecule has 0 unspecified atom stereocenters. The zero-order valence-electron chi connectivity index (χ0n) is 16.1. The Labute approximate surface area is 154 Å². The first-order valence-corrected chi connectivity index (χ1v) is 9.81. The second kappa shape index (κ2) is 6.71. The van der Waals surface area contributed by atoms with Gasteiger partial charge in [0.1, 0.15) is 6.61 Å². The highest BCUT2D eigenvalue weighted by atomic mass is 17.3. The molecule has 7 nitrogen and oxygen atoms in total. The van der Waals surface area contributed by atoms with Gasteiger partial charge in [-0.3, -0.25) is 4.79 Å². The summed E-state index contributed by atoms with van der Waals surface area (Å²) in [5.74, 6) is 0.174. The lowest BCUT2D eigenvalue weighted by Gasteiger charge is -2.60. The minimum atomic E-state index is -0.777. The molecule has 5 rings (SSSR count). The van der Waals surface area contributed by atoms with Crippen LogP contribution in [0, 0.1) is 23.7 Å². The molecule has 0 amide bonds. The largest absolute Gasteiger partial charge is 0.463 e. The molecule has 26 heavy (non-hydrogen) atoms. The zero-order chi connectivity index (χ0) is 18.5. The molecule has 0 N–H and O–H groups in total. The molecule has 7 heteroatoms. The summed E-state index contributed by atoms with van der Waals surface area (Å²) < 4.78 is 23.4. The highest BCUT2D eigenvalue weighted by molar-refractivity contribution is 5.65. The van der Waals surface area contributed by atoms with Crippen molar-refractivity contribution in [3.63, 3.8) is 0 Å². The van der Waals surface area contributed by atoms with Gasteiger partial charge in [0.25, 0.3) is 0 Å². The van der Waals surface area contributed by atoms with E-state index in [-0.39, 0.29) is 24.4 Å². The molecule has 1 aliphatic carbocycles. The van der Waals surface area contributed by atoms with Gasteiger partial charge in [-0.15, -0.1) is 0 Å². The Morgan fingerprint density at radius 1 is 1.12 bits per heavy atom. The van der Waals surface area contributed by atoms with Gasteiger partial charge in [0.2, 0.25) is 5.79 Å². The van der Waals surface area contributed by atoms with Gasteiger partial charge < -0.3 is 18.9 Å². The number of esters is 1. The Morgan fingerprint density at radius 3 is 2.69 bits per heavy atom. The Hall–Kier alpha value is -0.730. The van der Waals surface area contributed by atoms with Crippen molar-refractivity contribution in [3.05, 3.63) is 0 Å². The van der Waals surface area contributed by atoms with Crippen molar-refractivity contribution < 1.29 is 33.5 Å². The van der Waals surface area contributed by atoms with Crippen LogP contribution in [-0.4, -0.2) is 43.2 Å². The average molecular weight is 370 g/mol. The zero-order valence-corrected chi connectivity index (χ0v) is 16.1. The van der Waals surface area contributed by atoms with Crippen molar-refractivity contribution in [1.82, 2.24) is 0 Å². The van der Waals surface area contributed by atoms with Crippen molar-refractivity contribution in [1.29, 1.82) is 0 Å². The Morgan fingerprint density at radius 2 is 1.92 bits per heavy atom. The summed E-state index contributed by atoms with van der Waals surface area (Å²) in [6.45, 7) is 8.26. The number of fused-ring (bicyclic) bond motifs is 2. The van der Waals surface area contributed by atoms with Crippen LogP contribution in [0.15, 0.2) is 0 Å². The van der Waals surface area contributed by atoms with Crippen LogP contribution in [0.1, 0.15) is 53.4 Å². The number of carbonyl (C=O) groups is 1. The fourth-order valence-electron chi connectivity index (χ4n) is 5.41. The molecule has 4 aliphatic heterocycles. The van der Waals surface area contributed by atoms with Gasteiger partial charge in [0.15, 0.2) is 18.2 Å². The van der Waals surface area contributed by atoms with Gasteiger partial charge in [-0.05, 0) is 38.0 Å². The molecule has 5 fully saturated rings. The van der Waals surface area contributed by atoms with Crippen LogP contribution in [-0.2, 0) is 33.5 Å². The molecular weight excluding hydrogens is 340 g/mol. The molecule has 2 bridgehead atoms. The van der Waals surface area contributed by atoms with Crippen LogP contribution in [0.4, 0.5) is 0 Å². The maximum absolute atomic E-state index is 10.9. The molecule has 1 saturated carbocycles. The first-order chi connectivity index (χ1) is 12.4. The second-order valence-corrected chi connectivity index (χ2v) is 8.48. The first-order valence-electron chi connectivity index (χ1n) is 9.81. The standard InChI is InChI=1S/C19H30O7/c1-11-5-6-15-12(2)16(22-10-9-21-13(3)20)23-17-19(15)14(11)7-8-18(4,24-17)25-26-19/h11-12,14-17H,5-10H2,1-4H3/t11-,12-,14+,15+,16+,17-,18-,19-/m1/s1. The fourth-order valence-corrected chi connectivity index (χ4v) is 5.41. The number of hydrogen-bond acceptors (Lipinski definition) is 7. The summed E-state index contributed by atoms with van der Waals surface area (Å²) in [4.78, 5) is 22.8. The Bertz CT molecular complexity index is 554. The maximum Gasteiger partial charge on any atom is 0.302 e. The van der Waals surface area contributed by atoms with Crippen LogP contribution < -0.4 is 0 Å². The summed E-state index contributed by atoms with van der Waals surface area (Å²) in [6, 6.07) is 0. The smallest absolute Gasteiger partial charge is 0.302 e. The van der Waals surface area contributed by atoms with Crippen LogP contribution in [0.25, 0.3) is 0 Å². The topological polar surface area (TPSA) is 72.5 Å². The van der Waals surface area contributed by atoms with Gasteiger partial charge in [0.05, 0.1) is 6.61 Å². The number of hydrogen-bond donors (Lipinski definition) is 0. The molecule has 5 aliphatic rings. The SMILES string of the molecule is CC(=O)OCCO[C@H]1O[C@@H]2O[C@@]3(C)CC[C@H]4[C@H](C)CC[C@@H]([C@H]1C)[C@@]24OO3. The van der Waals surface area contributed by atoms with Gasteiger partial charge in [0, 0.05) is 25.2 Å². The van der Waals surface area contributed by atoms with Crippen molar-refractivity contribution >= 4 is 5.97 Å². The van der Waals surface area contributed by atoms with E-state index in [0.29, 0.717) is 18.4 Å². The molecule has 4 saturated heterocycles. The quantitative estimate of drug-likeness (QED) is 0.428. The van der Waals surface area contributed by atoms with E-state index in [0.717, 1.165) is 25.7 Å². The molecule has 0 aromatic carbocycles. The van der Waals surface area contributed by atoms with Crippen LogP contribution >= 0.6 is 0 Å². The third-order valence-corrected chi connectivity index (χ3v) is 6.77. The van der Waals surface area contributed by atoms with Crippen molar-refractivity contribution in [2.45, 2.75) is 77.3 Å². The molecular formula is C19H30O7. The number of rotatable bonds is 4. The van der Waals surface area contributed by atoms with E-state index >= 15 is 0 Å². The Balaban J connectivity index is 1.55. The molecule has 148 valence electrons. The van der Waals surface area contributed by atoms with Gasteiger partial charge in [-0.2, -0.15) is 0 Å². The summed E-state index contributed by atoms with van der Waals surface area (Å²) in [5.41, 5.74) is -0.567. The van der Waals surface area contributed by atoms with E-state index in [1.165, 1.54) is 6.92 Å². The fraction of sp³-hybridized carbons (Fsp3) is 0.947. The summed E-state index contributed by atoms with van der Waals surface area (Å²) >= 11 is 0. The minimum Gasteiger partial charge on any atom is -0.463 e. The van der Waals surface area contributed by atoms with E-state index in [1.54, 1.807) is 0 Å². The van der Waals surface area contributed by atoms with E-state index in [9.17, 15) is 4.79 Å². The van der Waals surface area contributed by atoms with Gasteiger partial charge in [-0.25, -0.2) is 9.78 Å². The van der Waals surface area contributed by atoms with E-state index in [1.807, 2.05) is 6.92 Å². The molecule has 0 aromatic heterocycles. The predicted molar refractivity (Wildman–Crippen MR) is 89.4 cm³/mol. The van der Waals surface area contributed by atoms with Crippen LogP contribution in [0.2, 0.25) is 0 Å². The lowest BCUT2D eigenvalue weighted by Crippen LogP contribution is -2.70. The average Bonchev–Trinajstić information content (AvgIpc) is 2.82. The van der Waals surface area contributed by atoms with E-state index in [4.69, 9.17) is 28.7 Å². The number of ether oxygens (including phenoxy) is 4. The van der Waals surface area contributed by atoms with E-state index < -0.39 is 24.0 Å². The third kappa shape index (κ3) is 2.88. The van der Waals surface area contributed by atoms with Gasteiger partial charge >= 0.3 is 5.97 Å². The van der Waals surface area contributed by atoms with Crippen molar-refractivity contribution in [2.24, 2.45) is 23.7 Å². The lowest BCUT2D eigenvalue weighted by molar-refractivity contribution is -0.577. The molecule has 8 atom stereocenters. The van der Waals surface area contributed by atoms with Crippen LogP contribution in [0.5, 0.6) is 0 Å².